The Balaban J connectivity index is 2.75. The first-order valence-electron chi connectivity index (χ1n) is 3.57. The van der Waals surface area contributed by atoms with E-state index >= 15 is 0 Å². The monoisotopic (exact) mass is 152 g/mol. The lowest BCUT2D eigenvalue weighted by atomic mass is 10.1. The highest BCUT2D eigenvalue weighted by Gasteiger charge is 1.99. The fraction of sp³-hybridized carbons (Fsp3) is 0.333. The summed E-state index contributed by atoms with van der Waals surface area (Å²) in [6.45, 7) is 2.14. The maximum atomic E-state index is 4.42. The van der Waals surface area contributed by atoms with Crippen molar-refractivity contribution in [3.8, 4) is 0 Å². The molecule has 1 atom stereocenters. The van der Waals surface area contributed by atoms with Gasteiger partial charge in [-0.1, -0.05) is 37.3 Å². The fourth-order valence-electron chi connectivity index (χ4n) is 0.911. The van der Waals surface area contributed by atoms with Crippen LogP contribution in [-0.2, 0) is 0 Å². The summed E-state index contributed by atoms with van der Waals surface area (Å²) in [5.41, 5.74) is 1.31. The zero-order valence-corrected chi connectivity index (χ0v) is 7.01. The topological polar surface area (TPSA) is 0 Å². The quantitative estimate of drug-likeness (QED) is 0.619. The van der Waals surface area contributed by atoms with Crippen molar-refractivity contribution < 1.29 is 0 Å². The number of hydrogen-bond acceptors (Lipinski definition) is 1. The standard InChI is InChI=1S/C9H12S/c1-2-9(10)8-6-4-3-5-7-8/h3-7,9-10H,2H2,1H3/t9-/m1/s1. The lowest BCUT2D eigenvalue weighted by Gasteiger charge is -2.05. The predicted molar refractivity (Wildman–Crippen MR) is 48.5 cm³/mol. The first kappa shape index (κ1) is 7.67. The number of benzene rings is 1. The Kier molecular flexibility index (Phi) is 2.82. The molecule has 1 rings (SSSR count). The maximum absolute atomic E-state index is 4.42. The van der Waals surface area contributed by atoms with Gasteiger partial charge in [0.05, 0.1) is 0 Å². The number of rotatable bonds is 2. The van der Waals surface area contributed by atoms with Crippen LogP contribution in [0.15, 0.2) is 30.3 Å². The Morgan fingerprint density at radius 1 is 1.30 bits per heavy atom. The van der Waals surface area contributed by atoms with Crippen molar-refractivity contribution in [1.29, 1.82) is 0 Å². The Bertz CT molecular complexity index is 181. The SMILES string of the molecule is CC[C@@H](S)c1ccccc1. The van der Waals surface area contributed by atoms with Gasteiger partial charge in [0.2, 0.25) is 0 Å². The Morgan fingerprint density at radius 3 is 2.40 bits per heavy atom. The summed E-state index contributed by atoms with van der Waals surface area (Å²) in [6.07, 6.45) is 1.09. The molecule has 1 heteroatoms. The van der Waals surface area contributed by atoms with Crippen LogP contribution in [0, 0.1) is 0 Å². The van der Waals surface area contributed by atoms with E-state index in [1.807, 2.05) is 18.2 Å². The minimum atomic E-state index is 0.404. The highest BCUT2D eigenvalue weighted by Crippen LogP contribution is 2.21. The third-order valence-electron chi connectivity index (χ3n) is 1.57. The average Bonchev–Trinajstić information content (AvgIpc) is 2.05. The maximum Gasteiger partial charge on any atom is 0.0264 e. The fourth-order valence-corrected chi connectivity index (χ4v) is 1.08. The van der Waals surface area contributed by atoms with Crippen molar-refractivity contribution in [3.05, 3.63) is 35.9 Å². The van der Waals surface area contributed by atoms with Gasteiger partial charge in [0.15, 0.2) is 0 Å². The molecule has 0 aromatic heterocycles. The molecule has 0 fully saturated rings. The number of hydrogen-bond donors (Lipinski definition) is 1. The second kappa shape index (κ2) is 3.67. The number of thiol groups is 1. The summed E-state index contributed by atoms with van der Waals surface area (Å²) >= 11 is 4.42. The third-order valence-corrected chi connectivity index (χ3v) is 2.23. The molecule has 0 radical (unpaired) electrons. The molecule has 0 saturated carbocycles. The van der Waals surface area contributed by atoms with Gasteiger partial charge in [0, 0.05) is 5.25 Å². The van der Waals surface area contributed by atoms with Crippen molar-refractivity contribution in [1.82, 2.24) is 0 Å². The summed E-state index contributed by atoms with van der Waals surface area (Å²) in [5.74, 6) is 0. The molecule has 0 amide bonds. The van der Waals surface area contributed by atoms with Crippen molar-refractivity contribution in [3.63, 3.8) is 0 Å². The molecule has 0 aliphatic heterocycles. The highest BCUT2D eigenvalue weighted by molar-refractivity contribution is 7.80. The van der Waals surface area contributed by atoms with E-state index in [0.29, 0.717) is 5.25 Å². The van der Waals surface area contributed by atoms with Gasteiger partial charge in [-0.3, -0.25) is 0 Å². The molecule has 0 nitrogen and oxygen atoms in total. The first-order chi connectivity index (χ1) is 4.84. The normalized spacial score (nSPS) is 13.0. The van der Waals surface area contributed by atoms with E-state index < -0.39 is 0 Å². The van der Waals surface area contributed by atoms with Crippen molar-refractivity contribution in [2.75, 3.05) is 0 Å². The largest absolute Gasteiger partial charge is 0.171 e. The van der Waals surface area contributed by atoms with Gasteiger partial charge in [0.1, 0.15) is 0 Å². The van der Waals surface area contributed by atoms with Crippen molar-refractivity contribution in [2.45, 2.75) is 18.6 Å². The predicted octanol–water partition coefficient (Wildman–Crippen LogP) is 3.07. The van der Waals surface area contributed by atoms with Crippen LogP contribution in [0.1, 0.15) is 24.2 Å². The Hall–Kier alpha value is -0.430. The summed E-state index contributed by atoms with van der Waals surface area (Å²) in [4.78, 5) is 0. The van der Waals surface area contributed by atoms with Crippen LogP contribution >= 0.6 is 12.6 Å². The van der Waals surface area contributed by atoms with E-state index in [4.69, 9.17) is 0 Å². The molecule has 0 saturated heterocycles. The van der Waals surface area contributed by atoms with Gasteiger partial charge in [-0.15, -0.1) is 0 Å². The summed E-state index contributed by atoms with van der Waals surface area (Å²) < 4.78 is 0. The van der Waals surface area contributed by atoms with Crippen LogP contribution in [0.5, 0.6) is 0 Å². The molecule has 10 heavy (non-hydrogen) atoms. The van der Waals surface area contributed by atoms with Crippen LogP contribution in [0.25, 0.3) is 0 Å². The molecule has 1 aromatic carbocycles. The molecule has 1 aromatic rings. The summed E-state index contributed by atoms with van der Waals surface area (Å²) in [6, 6.07) is 10.4. The zero-order chi connectivity index (χ0) is 7.40. The van der Waals surface area contributed by atoms with Crippen LogP contribution in [-0.4, -0.2) is 0 Å². The van der Waals surface area contributed by atoms with E-state index in [9.17, 15) is 0 Å². The highest BCUT2D eigenvalue weighted by atomic mass is 32.1. The van der Waals surface area contributed by atoms with E-state index in [1.54, 1.807) is 0 Å². The van der Waals surface area contributed by atoms with Crippen LogP contribution in [0.3, 0.4) is 0 Å². The van der Waals surface area contributed by atoms with Gasteiger partial charge >= 0.3 is 0 Å². The molecular formula is C9H12S. The van der Waals surface area contributed by atoms with E-state index in [-0.39, 0.29) is 0 Å². The minimum absolute atomic E-state index is 0.404. The zero-order valence-electron chi connectivity index (χ0n) is 6.12. The van der Waals surface area contributed by atoms with Crippen LogP contribution in [0.4, 0.5) is 0 Å². The summed E-state index contributed by atoms with van der Waals surface area (Å²) in [7, 11) is 0. The first-order valence-corrected chi connectivity index (χ1v) is 4.09. The molecule has 0 N–H and O–H groups in total. The Morgan fingerprint density at radius 2 is 1.90 bits per heavy atom. The van der Waals surface area contributed by atoms with Crippen LogP contribution in [0.2, 0.25) is 0 Å². The molecule has 0 unspecified atom stereocenters. The average molecular weight is 152 g/mol. The van der Waals surface area contributed by atoms with Gasteiger partial charge in [-0.2, -0.15) is 12.6 Å². The van der Waals surface area contributed by atoms with Crippen molar-refractivity contribution in [2.24, 2.45) is 0 Å². The molecule has 0 aliphatic carbocycles. The lowest BCUT2D eigenvalue weighted by molar-refractivity contribution is 0.903. The van der Waals surface area contributed by atoms with Crippen LogP contribution < -0.4 is 0 Å². The lowest BCUT2D eigenvalue weighted by Crippen LogP contribution is -1.85. The second-order valence-corrected chi connectivity index (χ2v) is 2.96. The van der Waals surface area contributed by atoms with Gasteiger partial charge in [0.25, 0.3) is 0 Å². The second-order valence-electron chi connectivity index (χ2n) is 2.33. The van der Waals surface area contributed by atoms with E-state index in [2.05, 4.69) is 31.7 Å². The van der Waals surface area contributed by atoms with Gasteiger partial charge in [-0.25, -0.2) is 0 Å². The van der Waals surface area contributed by atoms with E-state index in [0.717, 1.165) is 6.42 Å². The van der Waals surface area contributed by atoms with Crippen molar-refractivity contribution >= 4 is 12.6 Å². The molecule has 0 bridgehead atoms. The smallest absolute Gasteiger partial charge is 0.0264 e. The molecule has 0 aliphatic rings. The molecule has 0 spiro atoms. The Labute approximate surface area is 67.7 Å². The minimum Gasteiger partial charge on any atom is -0.171 e. The van der Waals surface area contributed by atoms with Gasteiger partial charge in [-0.05, 0) is 12.0 Å². The van der Waals surface area contributed by atoms with Gasteiger partial charge < -0.3 is 0 Å². The van der Waals surface area contributed by atoms with E-state index in [1.165, 1.54) is 5.56 Å². The molecule has 54 valence electrons. The third kappa shape index (κ3) is 1.77. The molecular weight excluding hydrogens is 140 g/mol. The summed E-state index contributed by atoms with van der Waals surface area (Å²) in [5, 5.41) is 0.404. The molecule has 0 heterocycles.